The first kappa shape index (κ1) is 16.5. The van der Waals surface area contributed by atoms with Gasteiger partial charge in [-0.25, -0.2) is 0 Å². The molecule has 1 unspecified atom stereocenters. The van der Waals surface area contributed by atoms with Crippen LogP contribution < -0.4 is 11.1 Å². The van der Waals surface area contributed by atoms with Crippen LogP contribution in [0.3, 0.4) is 0 Å². The van der Waals surface area contributed by atoms with Crippen molar-refractivity contribution in [1.29, 1.82) is 0 Å². The number of nitrogens with one attached hydrogen (secondary N) is 1. The molecule has 0 bridgehead atoms. The van der Waals surface area contributed by atoms with Crippen molar-refractivity contribution in [2.45, 2.75) is 71.6 Å². The van der Waals surface area contributed by atoms with Crippen LogP contribution >= 0.6 is 0 Å². The normalized spacial score (nSPS) is 19.9. The summed E-state index contributed by atoms with van der Waals surface area (Å²) in [5.41, 5.74) is 5.63. The number of hydrogen-bond donors (Lipinski definition) is 2. The van der Waals surface area contributed by atoms with Gasteiger partial charge in [0.25, 0.3) is 0 Å². The average Bonchev–Trinajstić information content (AvgIpc) is 2.47. The maximum atomic E-state index is 12.5. The maximum absolute atomic E-state index is 12.5. The molecule has 0 aliphatic heterocycles. The topological polar surface area (TPSA) is 55.1 Å². The van der Waals surface area contributed by atoms with Crippen LogP contribution in [0.25, 0.3) is 0 Å². The largest absolute Gasteiger partial charge is 0.355 e. The molecular formula is C16H32N2O. The number of amides is 1. The summed E-state index contributed by atoms with van der Waals surface area (Å²) in [6.45, 7) is 5.77. The van der Waals surface area contributed by atoms with Gasteiger partial charge in [0, 0.05) is 13.1 Å². The molecule has 3 nitrogen and oxygen atoms in total. The number of nitrogens with two attached hydrogens (primary N) is 1. The second-order valence-corrected chi connectivity index (χ2v) is 6.17. The zero-order valence-electron chi connectivity index (χ0n) is 12.8. The molecule has 0 saturated heterocycles. The number of carbonyl (C=O) groups excluding carboxylic acids is 1. The molecule has 1 saturated carbocycles. The summed E-state index contributed by atoms with van der Waals surface area (Å²) in [4.78, 5) is 12.5. The minimum atomic E-state index is -0.263. The summed E-state index contributed by atoms with van der Waals surface area (Å²) in [7, 11) is 0. The Kier molecular flexibility index (Phi) is 7.44. The van der Waals surface area contributed by atoms with E-state index in [4.69, 9.17) is 5.73 Å². The first-order valence-electron chi connectivity index (χ1n) is 8.17. The van der Waals surface area contributed by atoms with E-state index in [9.17, 15) is 4.79 Å². The summed E-state index contributed by atoms with van der Waals surface area (Å²) < 4.78 is 0. The number of hydrogen-bond acceptors (Lipinski definition) is 2. The number of unbranched alkanes of at least 4 members (excludes halogenated alkanes) is 1. The second kappa shape index (κ2) is 8.57. The van der Waals surface area contributed by atoms with Crippen molar-refractivity contribution in [1.82, 2.24) is 5.32 Å². The highest BCUT2D eigenvalue weighted by Gasteiger charge is 2.37. The molecule has 0 heterocycles. The molecule has 112 valence electrons. The van der Waals surface area contributed by atoms with E-state index in [-0.39, 0.29) is 11.3 Å². The number of rotatable bonds is 8. The minimum absolute atomic E-state index is 0.213. The van der Waals surface area contributed by atoms with Gasteiger partial charge in [-0.15, -0.1) is 0 Å². The zero-order valence-corrected chi connectivity index (χ0v) is 12.8. The third kappa shape index (κ3) is 4.79. The number of carbonyl (C=O) groups is 1. The van der Waals surface area contributed by atoms with Crippen LogP contribution in [0.5, 0.6) is 0 Å². The quantitative estimate of drug-likeness (QED) is 0.710. The Bertz CT molecular complexity index is 259. The molecule has 0 radical (unpaired) electrons. The van der Waals surface area contributed by atoms with Crippen LogP contribution in [-0.4, -0.2) is 19.0 Å². The Labute approximate surface area is 118 Å². The summed E-state index contributed by atoms with van der Waals surface area (Å²) in [6.07, 6.45) is 10.4. The Hall–Kier alpha value is -0.570. The van der Waals surface area contributed by atoms with Crippen molar-refractivity contribution in [2.75, 3.05) is 13.1 Å². The van der Waals surface area contributed by atoms with Crippen LogP contribution in [0.1, 0.15) is 71.6 Å². The predicted octanol–water partition coefficient (Wildman–Crippen LogP) is 3.23. The van der Waals surface area contributed by atoms with Gasteiger partial charge < -0.3 is 11.1 Å². The van der Waals surface area contributed by atoms with Crippen molar-refractivity contribution in [2.24, 2.45) is 17.1 Å². The molecule has 1 rings (SSSR count). The van der Waals surface area contributed by atoms with Crippen LogP contribution in [-0.2, 0) is 4.79 Å². The smallest absolute Gasteiger partial charge is 0.227 e. The lowest BCUT2D eigenvalue weighted by Gasteiger charge is -2.35. The van der Waals surface area contributed by atoms with Gasteiger partial charge in [0.15, 0.2) is 0 Å². The fourth-order valence-electron chi connectivity index (χ4n) is 3.12. The molecule has 1 aliphatic carbocycles. The van der Waals surface area contributed by atoms with Gasteiger partial charge in [0.05, 0.1) is 5.41 Å². The van der Waals surface area contributed by atoms with Crippen LogP contribution in [0.2, 0.25) is 0 Å². The Morgan fingerprint density at radius 1 is 1.26 bits per heavy atom. The second-order valence-electron chi connectivity index (χ2n) is 6.17. The van der Waals surface area contributed by atoms with E-state index >= 15 is 0 Å². The van der Waals surface area contributed by atoms with E-state index in [0.29, 0.717) is 12.5 Å². The van der Waals surface area contributed by atoms with E-state index in [0.717, 1.165) is 38.6 Å². The minimum Gasteiger partial charge on any atom is -0.355 e. The summed E-state index contributed by atoms with van der Waals surface area (Å²) in [5, 5.41) is 3.19. The van der Waals surface area contributed by atoms with Crippen molar-refractivity contribution in [3.05, 3.63) is 0 Å². The van der Waals surface area contributed by atoms with E-state index in [1.807, 2.05) is 0 Å². The van der Waals surface area contributed by atoms with E-state index < -0.39 is 0 Å². The standard InChI is InChI=1S/C16H32N2O/c1-3-5-9-14(4-2)12-18-15(19)16(13-17)10-7-6-8-11-16/h14H,3-13,17H2,1-2H3,(H,18,19). The van der Waals surface area contributed by atoms with E-state index in [1.54, 1.807) is 0 Å². The maximum Gasteiger partial charge on any atom is 0.227 e. The lowest BCUT2D eigenvalue weighted by Crippen LogP contribution is -2.48. The van der Waals surface area contributed by atoms with Crippen molar-refractivity contribution in [3.8, 4) is 0 Å². The Morgan fingerprint density at radius 2 is 1.95 bits per heavy atom. The molecule has 0 aromatic rings. The third-order valence-corrected chi connectivity index (χ3v) is 4.78. The van der Waals surface area contributed by atoms with E-state index in [2.05, 4.69) is 19.2 Å². The first-order valence-corrected chi connectivity index (χ1v) is 8.17. The van der Waals surface area contributed by atoms with Crippen molar-refractivity contribution >= 4 is 5.91 Å². The molecule has 1 amide bonds. The van der Waals surface area contributed by atoms with Crippen LogP contribution in [0.4, 0.5) is 0 Å². The molecule has 0 spiro atoms. The van der Waals surface area contributed by atoms with Crippen molar-refractivity contribution < 1.29 is 4.79 Å². The third-order valence-electron chi connectivity index (χ3n) is 4.78. The van der Waals surface area contributed by atoms with Gasteiger partial charge in [0.2, 0.25) is 5.91 Å². The molecular weight excluding hydrogens is 236 g/mol. The van der Waals surface area contributed by atoms with Gasteiger partial charge in [0.1, 0.15) is 0 Å². The van der Waals surface area contributed by atoms with Gasteiger partial charge >= 0.3 is 0 Å². The molecule has 1 atom stereocenters. The van der Waals surface area contributed by atoms with E-state index in [1.165, 1.54) is 25.7 Å². The lowest BCUT2D eigenvalue weighted by atomic mass is 9.73. The van der Waals surface area contributed by atoms with Gasteiger partial charge in [-0.3, -0.25) is 4.79 Å². The highest BCUT2D eigenvalue weighted by molar-refractivity contribution is 5.83. The molecule has 0 aromatic carbocycles. The monoisotopic (exact) mass is 268 g/mol. The summed E-state index contributed by atoms with van der Waals surface area (Å²) in [6, 6.07) is 0. The molecule has 0 aromatic heterocycles. The average molecular weight is 268 g/mol. The summed E-state index contributed by atoms with van der Waals surface area (Å²) >= 11 is 0. The molecule has 1 fully saturated rings. The highest BCUT2D eigenvalue weighted by Crippen LogP contribution is 2.35. The van der Waals surface area contributed by atoms with Crippen LogP contribution in [0.15, 0.2) is 0 Å². The lowest BCUT2D eigenvalue weighted by molar-refractivity contribution is -0.132. The fraction of sp³-hybridized carbons (Fsp3) is 0.938. The molecule has 19 heavy (non-hydrogen) atoms. The van der Waals surface area contributed by atoms with Gasteiger partial charge in [-0.05, 0) is 25.2 Å². The SMILES string of the molecule is CCCCC(CC)CNC(=O)C1(CN)CCCCC1. The zero-order chi connectivity index (χ0) is 14.1. The fourth-order valence-corrected chi connectivity index (χ4v) is 3.12. The predicted molar refractivity (Wildman–Crippen MR) is 80.9 cm³/mol. The highest BCUT2D eigenvalue weighted by atomic mass is 16.2. The van der Waals surface area contributed by atoms with Gasteiger partial charge in [-0.1, -0.05) is 52.4 Å². The Balaban J connectivity index is 2.43. The molecule has 3 heteroatoms. The summed E-state index contributed by atoms with van der Waals surface area (Å²) in [5.74, 6) is 0.840. The molecule has 3 N–H and O–H groups in total. The van der Waals surface area contributed by atoms with Gasteiger partial charge in [-0.2, -0.15) is 0 Å². The Morgan fingerprint density at radius 3 is 2.47 bits per heavy atom. The van der Waals surface area contributed by atoms with Crippen LogP contribution in [0, 0.1) is 11.3 Å². The molecule has 1 aliphatic rings. The first-order chi connectivity index (χ1) is 9.18. The van der Waals surface area contributed by atoms with Crippen molar-refractivity contribution in [3.63, 3.8) is 0 Å².